The average molecular weight is 344 g/mol. The molecule has 1 heterocycles. The standard InChI is InChI=1S/C19H24N2O4/c1-3-9-20-18(23)14-6-4-7-15(12-14)19(24)21-13(2)11-16(22)17-8-5-10-25-17/h4-8,10,12-13,16,22H,3,9,11H2,1-2H3,(H,20,23)(H,21,24). The van der Waals surface area contributed by atoms with Gasteiger partial charge in [-0.15, -0.1) is 0 Å². The first-order valence-electron chi connectivity index (χ1n) is 8.41. The highest BCUT2D eigenvalue weighted by Crippen LogP contribution is 2.18. The first-order valence-corrected chi connectivity index (χ1v) is 8.41. The van der Waals surface area contributed by atoms with E-state index in [1.54, 1.807) is 36.4 Å². The molecule has 0 bridgehead atoms. The Morgan fingerprint density at radius 2 is 1.88 bits per heavy atom. The van der Waals surface area contributed by atoms with Gasteiger partial charge in [0.2, 0.25) is 0 Å². The third kappa shape index (κ3) is 5.46. The van der Waals surface area contributed by atoms with Crippen molar-refractivity contribution in [2.24, 2.45) is 0 Å². The summed E-state index contributed by atoms with van der Waals surface area (Å²) in [5.41, 5.74) is 0.855. The van der Waals surface area contributed by atoms with Gasteiger partial charge in [0.15, 0.2) is 0 Å². The lowest BCUT2D eigenvalue weighted by Crippen LogP contribution is -2.34. The van der Waals surface area contributed by atoms with Crippen LogP contribution in [0.25, 0.3) is 0 Å². The van der Waals surface area contributed by atoms with E-state index in [1.807, 2.05) is 13.8 Å². The van der Waals surface area contributed by atoms with Gasteiger partial charge in [-0.25, -0.2) is 0 Å². The number of carbonyl (C=O) groups excluding carboxylic acids is 2. The summed E-state index contributed by atoms with van der Waals surface area (Å²) < 4.78 is 5.15. The van der Waals surface area contributed by atoms with Crippen molar-refractivity contribution in [2.45, 2.75) is 38.8 Å². The molecule has 6 nitrogen and oxygen atoms in total. The Morgan fingerprint density at radius 1 is 1.16 bits per heavy atom. The number of aliphatic hydroxyl groups is 1. The third-order valence-electron chi connectivity index (χ3n) is 3.75. The van der Waals surface area contributed by atoms with Gasteiger partial charge in [-0.3, -0.25) is 9.59 Å². The second kappa shape index (κ2) is 9.03. The second-order valence-corrected chi connectivity index (χ2v) is 5.98. The van der Waals surface area contributed by atoms with Crippen LogP contribution in [0.2, 0.25) is 0 Å². The van der Waals surface area contributed by atoms with Crippen molar-refractivity contribution in [3.8, 4) is 0 Å². The van der Waals surface area contributed by atoms with Crippen LogP contribution in [0.15, 0.2) is 47.1 Å². The van der Waals surface area contributed by atoms with Crippen LogP contribution in [0.4, 0.5) is 0 Å². The van der Waals surface area contributed by atoms with Gasteiger partial charge in [-0.1, -0.05) is 13.0 Å². The topological polar surface area (TPSA) is 91.6 Å². The maximum absolute atomic E-state index is 12.4. The van der Waals surface area contributed by atoms with E-state index in [-0.39, 0.29) is 17.9 Å². The van der Waals surface area contributed by atoms with Crippen molar-refractivity contribution in [2.75, 3.05) is 6.54 Å². The number of furan rings is 1. The largest absolute Gasteiger partial charge is 0.467 e. The van der Waals surface area contributed by atoms with Gasteiger partial charge in [0.1, 0.15) is 11.9 Å². The molecule has 2 unspecified atom stereocenters. The van der Waals surface area contributed by atoms with Crippen LogP contribution >= 0.6 is 0 Å². The van der Waals surface area contributed by atoms with Crippen molar-refractivity contribution >= 4 is 11.8 Å². The van der Waals surface area contributed by atoms with Crippen LogP contribution in [-0.2, 0) is 0 Å². The minimum absolute atomic E-state index is 0.196. The molecule has 0 spiro atoms. The van der Waals surface area contributed by atoms with Gasteiger partial charge < -0.3 is 20.2 Å². The van der Waals surface area contributed by atoms with Crippen LogP contribution in [0.1, 0.15) is 59.3 Å². The van der Waals surface area contributed by atoms with E-state index in [9.17, 15) is 14.7 Å². The molecular weight excluding hydrogens is 320 g/mol. The summed E-state index contributed by atoms with van der Waals surface area (Å²) >= 11 is 0. The normalized spacial score (nSPS) is 13.1. The number of rotatable bonds is 8. The summed E-state index contributed by atoms with van der Waals surface area (Å²) in [6.45, 7) is 4.38. The molecule has 1 aromatic carbocycles. The van der Waals surface area contributed by atoms with Crippen molar-refractivity contribution in [1.82, 2.24) is 10.6 Å². The maximum Gasteiger partial charge on any atom is 0.251 e. The van der Waals surface area contributed by atoms with Crippen molar-refractivity contribution in [3.63, 3.8) is 0 Å². The van der Waals surface area contributed by atoms with E-state index in [0.717, 1.165) is 6.42 Å². The number of aliphatic hydroxyl groups excluding tert-OH is 1. The molecule has 0 aliphatic carbocycles. The van der Waals surface area contributed by atoms with E-state index in [1.165, 1.54) is 6.26 Å². The Kier molecular flexibility index (Phi) is 6.77. The predicted molar refractivity (Wildman–Crippen MR) is 94.3 cm³/mol. The minimum atomic E-state index is -0.781. The van der Waals surface area contributed by atoms with Gasteiger partial charge in [0.05, 0.1) is 6.26 Å². The highest BCUT2D eigenvalue weighted by Gasteiger charge is 2.17. The summed E-state index contributed by atoms with van der Waals surface area (Å²) in [7, 11) is 0. The van der Waals surface area contributed by atoms with Crippen molar-refractivity contribution in [1.29, 1.82) is 0 Å². The SMILES string of the molecule is CCCNC(=O)c1cccc(C(=O)NC(C)CC(O)c2ccco2)c1. The van der Waals surface area contributed by atoms with E-state index >= 15 is 0 Å². The second-order valence-electron chi connectivity index (χ2n) is 5.98. The number of amides is 2. The van der Waals surface area contributed by atoms with E-state index < -0.39 is 6.10 Å². The number of hydrogen-bond acceptors (Lipinski definition) is 4. The van der Waals surface area contributed by atoms with Crippen LogP contribution in [0, 0.1) is 0 Å². The highest BCUT2D eigenvalue weighted by molar-refractivity contribution is 5.99. The zero-order chi connectivity index (χ0) is 18.2. The van der Waals surface area contributed by atoms with Crippen LogP contribution in [-0.4, -0.2) is 29.5 Å². The Morgan fingerprint density at radius 3 is 2.52 bits per heavy atom. The predicted octanol–water partition coefficient (Wildman–Crippen LogP) is 2.66. The zero-order valence-electron chi connectivity index (χ0n) is 14.5. The minimum Gasteiger partial charge on any atom is -0.467 e. The molecule has 25 heavy (non-hydrogen) atoms. The van der Waals surface area contributed by atoms with Crippen molar-refractivity contribution in [3.05, 3.63) is 59.5 Å². The number of carbonyl (C=O) groups is 2. The number of hydrogen-bond donors (Lipinski definition) is 3. The fourth-order valence-electron chi connectivity index (χ4n) is 2.44. The molecule has 1 aromatic heterocycles. The van der Waals surface area contributed by atoms with Gasteiger partial charge in [0.25, 0.3) is 11.8 Å². The molecule has 3 N–H and O–H groups in total. The third-order valence-corrected chi connectivity index (χ3v) is 3.75. The molecule has 0 aliphatic rings. The first-order chi connectivity index (χ1) is 12.0. The number of nitrogens with one attached hydrogen (secondary N) is 2. The summed E-state index contributed by atoms with van der Waals surface area (Å²) in [6, 6.07) is 9.71. The molecule has 2 amide bonds. The smallest absolute Gasteiger partial charge is 0.251 e. The Labute approximate surface area is 147 Å². The molecule has 0 radical (unpaired) electrons. The highest BCUT2D eigenvalue weighted by atomic mass is 16.4. The Balaban J connectivity index is 1.94. The van der Waals surface area contributed by atoms with E-state index in [0.29, 0.717) is 29.9 Å². The average Bonchev–Trinajstić information content (AvgIpc) is 3.14. The molecule has 0 saturated heterocycles. The summed E-state index contributed by atoms with van der Waals surface area (Å²) in [5.74, 6) is -0.0160. The lowest BCUT2D eigenvalue weighted by molar-refractivity contribution is 0.0903. The molecule has 2 rings (SSSR count). The molecule has 0 fully saturated rings. The summed E-state index contributed by atoms with van der Waals surface area (Å²) in [6.07, 6.45) is 1.89. The fourth-order valence-corrected chi connectivity index (χ4v) is 2.44. The molecule has 6 heteroatoms. The van der Waals surface area contributed by atoms with E-state index in [2.05, 4.69) is 10.6 Å². The Bertz CT molecular complexity index is 697. The molecule has 2 atom stereocenters. The molecule has 0 saturated carbocycles. The monoisotopic (exact) mass is 344 g/mol. The van der Waals surface area contributed by atoms with Gasteiger partial charge in [0, 0.05) is 30.1 Å². The molecule has 134 valence electrons. The van der Waals surface area contributed by atoms with Gasteiger partial charge >= 0.3 is 0 Å². The number of benzene rings is 1. The lowest BCUT2D eigenvalue weighted by atomic mass is 10.1. The van der Waals surface area contributed by atoms with Crippen LogP contribution in [0.5, 0.6) is 0 Å². The summed E-state index contributed by atoms with van der Waals surface area (Å²) in [5, 5.41) is 15.7. The lowest BCUT2D eigenvalue weighted by Gasteiger charge is -2.17. The van der Waals surface area contributed by atoms with E-state index in [4.69, 9.17) is 4.42 Å². The fraction of sp³-hybridized carbons (Fsp3) is 0.368. The zero-order valence-corrected chi connectivity index (χ0v) is 14.5. The quantitative estimate of drug-likeness (QED) is 0.686. The maximum atomic E-state index is 12.4. The molecular formula is C19H24N2O4. The molecule has 0 aliphatic heterocycles. The summed E-state index contributed by atoms with van der Waals surface area (Å²) in [4.78, 5) is 24.4. The van der Waals surface area contributed by atoms with Crippen molar-refractivity contribution < 1.29 is 19.1 Å². The van der Waals surface area contributed by atoms with Crippen LogP contribution in [0.3, 0.4) is 0 Å². The van der Waals surface area contributed by atoms with Gasteiger partial charge in [-0.2, -0.15) is 0 Å². The van der Waals surface area contributed by atoms with Crippen LogP contribution < -0.4 is 10.6 Å². The molecule has 2 aromatic rings. The Hall–Kier alpha value is -2.60. The van der Waals surface area contributed by atoms with Gasteiger partial charge in [-0.05, 0) is 43.7 Å². The first kappa shape index (κ1) is 18.7.